The molecule has 1 aromatic carbocycles. The number of benzene rings is 1. The van der Waals surface area contributed by atoms with Crippen LogP contribution in [0, 0.1) is 11.3 Å². The number of fused-ring (bicyclic) bond motifs is 1. The van der Waals surface area contributed by atoms with Crippen molar-refractivity contribution in [2.75, 3.05) is 6.61 Å². The summed E-state index contributed by atoms with van der Waals surface area (Å²) in [6.45, 7) is 2.20. The number of carbonyl (C=O) groups excluding carboxylic acids is 1. The number of esters is 1. The Morgan fingerprint density at radius 2 is 2.12 bits per heavy atom. The Kier molecular flexibility index (Phi) is 4.40. The van der Waals surface area contributed by atoms with Gasteiger partial charge in [-0.05, 0) is 13.0 Å². The van der Waals surface area contributed by atoms with Gasteiger partial charge in [-0.15, -0.1) is 11.3 Å². The molecular weight excluding hydrogens is 326 g/mol. The van der Waals surface area contributed by atoms with Crippen LogP contribution in [0.4, 0.5) is 0 Å². The second-order valence-electron chi connectivity index (χ2n) is 4.98. The number of nitriles is 1. The topological polar surface area (TPSA) is 85.0 Å². The molecule has 0 saturated carbocycles. The molecule has 0 atom stereocenters. The SMILES string of the molecule is CCOC(=O)c1csc(Cn2cc(C#N)c3ccccc3c2=O)n1. The molecule has 24 heavy (non-hydrogen) atoms. The predicted octanol–water partition coefficient (Wildman–Crippen LogP) is 2.55. The number of thiazole rings is 1. The molecule has 0 bridgehead atoms. The first-order valence-corrected chi connectivity index (χ1v) is 8.15. The molecule has 0 fully saturated rings. The van der Waals surface area contributed by atoms with E-state index in [0.717, 1.165) is 0 Å². The van der Waals surface area contributed by atoms with Gasteiger partial charge in [-0.1, -0.05) is 18.2 Å². The molecule has 6 nitrogen and oxygen atoms in total. The van der Waals surface area contributed by atoms with Gasteiger partial charge in [0.25, 0.3) is 5.56 Å². The molecule has 0 radical (unpaired) electrons. The van der Waals surface area contributed by atoms with Crippen molar-refractivity contribution in [3.63, 3.8) is 0 Å². The summed E-state index contributed by atoms with van der Waals surface area (Å²) in [7, 11) is 0. The standard InChI is InChI=1S/C17H13N3O3S/c1-2-23-17(22)14-10-24-15(19-14)9-20-8-11(7-18)12-5-3-4-6-13(12)16(20)21/h3-6,8,10H,2,9H2,1H3. The number of rotatable bonds is 4. The van der Waals surface area contributed by atoms with Crippen LogP contribution in [0.5, 0.6) is 0 Å². The third-order valence-corrected chi connectivity index (χ3v) is 4.29. The molecule has 3 aromatic rings. The van der Waals surface area contributed by atoms with Crippen molar-refractivity contribution in [2.24, 2.45) is 0 Å². The fraction of sp³-hybridized carbons (Fsp3) is 0.176. The van der Waals surface area contributed by atoms with E-state index in [1.807, 2.05) is 0 Å². The second-order valence-corrected chi connectivity index (χ2v) is 5.92. The zero-order chi connectivity index (χ0) is 17.1. The van der Waals surface area contributed by atoms with Crippen molar-refractivity contribution >= 4 is 28.1 Å². The van der Waals surface area contributed by atoms with Crippen molar-refractivity contribution < 1.29 is 9.53 Å². The number of nitrogens with zero attached hydrogens (tertiary/aromatic N) is 3. The number of ether oxygens (including phenoxy) is 1. The lowest BCUT2D eigenvalue weighted by atomic mass is 10.1. The summed E-state index contributed by atoms with van der Waals surface area (Å²) in [5.41, 5.74) is 0.455. The molecule has 0 spiro atoms. The normalized spacial score (nSPS) is 10.5. The molecule has 2 heterocycles. The van der Waals surface area contributed by atoms with Crippen LogP contribution < -0.4 is 5.56 Å². The molecule has 2 aromatic heterocycles. The van der Waals surface area contributed by atoms with Gasteiger partial charge in [0.05, 0.1) is 18.7 Å². The fourth-order valence-corrected chi connectivity index (χ4v) is 3.14. The monoisotopic (exact) mass is 339 g/mol. The highest BCUT2D eigenvalue weighted by Crippen LogP contribution is 2.16. The lowest BCUT2D eigenvalue weighted by Gasteiger charge is -2.07. The highest BCUT2D eigenvalue weighted by atomic mass is 32.1. The first kappa shape index (κ1) is 15.9. The Hall–Kier alpha value is -2.98. The smallest absolute Gasteiger partial charge is 0.357 e. The van der Waals surface area contributed by atoms with Gasteiger partial charge in [0.15, 0.2) is 5.69 Å². The minimum atomic E-state index is -0.483. The van der Waals surface area contributed by atoms with Crippen LogP contribution in [0.2, 0.25) is 0 Å². The Morgan fingerprint density at radius 1 is 1.38 bits per heavy atom. The van der Waals surface area contributed by atoms with E-state index in [1.165, 1.54) is 22.1 Å². The largest absolute Gasteiger partial charge is 0.461 e. The van der Waals surface area contributed by atoms with E-state index in [-0.39, 0.29) is 24.4 Å². The Balaban J connectivity index is 1.99. The third-order valence-electron chi connectivity index (χ3n) is 3.46. The van der Waals surface area contributed by atoms with E-state index >= 15 is 0 Å². The summed E-state index contributed by atoms with van der Waals surface area (Å²) < 4.78 is 6.34. The summed E-state index contributed by atoms with van der Waals surface area (Å²) >= 11 is 1.27. The van der Waals surface area contributed by atoms with E-state index in [1.54, 1.807) is 36.6 Å². The molecule has 0 N–H and O–H groups in total. The molecule has 3 rings (SSSR count). The molecule has 0 aliphatic carbocycles. The molecule has 0 aliphatic heterocycles. The molecular formula is C17H13N3O3S. The number of hydrogen-bond donors (Lipinski definition) is 0. The summed E-state index contributed by atoms with van der Waals surface area (Å²) in [6.07, 6.45) is 1.52. The highest BCUT2D eigenvalue weighted by molar-refractivity contribution is 7.09. The van der Waals surface area contributed by atoms with Crippen LogP contribution >= 0.6 is 11.3 Å². The van der Waals surface area contributed by atoms with Gasteiger partial charge in [0, 0.05) is 22.3 Å². The molecule has 0 unspecified atom stereocenters. The maximum atomic E-state index is 12.6. The first-order valence-electron chi connectivity index (χ1n) is 7.28. The van der Waals surface area contributed by atoms with Crippen LogP contribution in [-0.2, 0) is 11.3 Å². The molecule has 120 valence electrons. The van der Waals surface area contributed by atoms with Gasteiger partial charge >= 0.3 is 5.97 Å². The highest BCUT2D eigenvalue weighted by Gasteiger charge is 2.13. The van der Waals surface area contributed by atoms with Crippen LogP contribution in [0.3, 0.4) is 0 Å². The fourth-order valence-electron chi connectivity index (χ4n) is 2.38. The third kappa shape index (κ3) is 2.92. The summed E-state index contributed by atoms with van der Waals surface area (Å²) in [4.78, 5) is 28.4. The Bertz CT molecular complexity index is 1010. The van der Waals surface area contributed by atoms with Gasteiger partial charge in [0.2, 0.25) is 0 Å². The maximum absolute atomic E-state index is 12.6. The van der Waals surface area contributed by atoms with Crippen molar-refractivity contribution in [3.8, 4) is 6.07 Å². The number of carbonyl (C=O) groups is 1. The first-order chi connectivity index (χ1) is 11.6. The molecule has 7 heteroatoms. The van der Waals surface area contributed by atoms with Crippen molar-refractivity contribution in [1.29, 1.82) is 5.26 Å². The lowest BCUT2D eigenvalue weighted by Crippen LogP contribution is -2.21. The maximum Gasteiger partial charge on any atom is 0.357 e. The summed E-state index contributed by atoms with van der Waals surface area (Å²) in [6, 6.07) is 9.11. The average Bonchev–Trinajstić information content (AvgIpc) is 3.06. The van der Waals surface area contributed by atoms with Gasteiger partial charge in [-0.2, -0.15) is 5.26 Å². The zero-order valence-electron chi connectivity index (χ0n) is 12.9. The summed E-state index contributed by atoms with van der Waals surface area (Å²) in [5.74, 6) is -0.483. The van der Waals surface area contributed by atoms with Gasteiger partial charge < -0.3 is 9.30 Å². The minimum absolute atomic E-state index is 0.197. The molecule has 0 aliphatic rings. The zero-order valence-corrected chi connectivity index (χ0v) is 13.7. The van der Waals surface area contributed by atoms with E-state index < -0.39 is 5.97 Å². The predicted molar refractivity (Wildman–Crippen MR) is 90.1 cm³/mol. The Morgan fingerprint density at radius 3 is 2.83 bits per heavy atom. The van der Waals surface area contributed by atoms with Crippen molar-refractivity contribution in [2.45, 2.75) is 13.5 Å². The lowest BCUT2D eigenvalue weighted by molar-refractivity contribution is 0.0520. The average molecular weight is 339 g/mol. The minimum Gasteiger partial charge on any atom is -0.461 e. The molecule has 0 saturated heterocycles. The van der Waals surface area contributed by atoms with Crippen molar-refractivity contribution in [3.05, 3.63) is 62.5 Å². The van der Waals surface area contributed by atoms with Crippen molar-refractivity contribution in [1.82, 2.24) is 9.55 Å². The van der Waals surface area contributed by atoms with Crippen LogP contribution in [0.25, 0.3) is 10.8 Å². The van der Waals surface area contributed by atoms with Gasteiger partial charge in [-0.25, -0.2) is 9.78 Å². The van der Waals surface area contributed by atoms with E-state index in [0.29, 0.717) is 21.3 Å². The number of pyridine rings is 1. The van der Waals surface area contributed by atoms with Crippen LogP contribution in [-0.4, -0.2) is 22.1 Å². The number of aromatic nitrogens is 2. The van der Waals surface area contributed by atoms with Crippen LogP contribution in [0.15, 0.2) is 40.6 Å². The second kappa shape index (κ2) is 6.64. The van der Waals surface area contributed by atoms with E-state index in [9.17, 15) is 14.9 Å². The summed E-state index contributed by atoms with van der Waals surface area (Å²) in [5, 5.41) is 12.6. The van der Waals surface area contributed by atoms with Gasteiger partial charge in [0.1, 0.15) is 11.1 Å². The quantitative estimate of drug-likeness (QED) is 0.682. The number of hydrogen-bond acceptors (Lipinski definition) is 6. The van der Waals surface area contributed by atoms with E-state index in [4.69, 9.17) is 4.74 Å². The Labute approximate surface area is 141 Å². The van der Waals surface area contributed by atoms with E-state index in [2.05, 4.69) is 11.1 Å². The van der Waals surface area contributed by atoms with Crippen LogP contribution in [0.1, 0.15) is 28.0 Å². The van der Waals surface area contributed by atoms with Gasteiger partial charge in [-0.3, -0.25) is 4.79 Å². The molecule has 0 amide bonds.